The first-order valence-electron chi connectivity index (χ1n) is 8.51. The second-order valence-corrected chi connectivity index (χ2v) is 7.33. The van der Waals surface area contributed by atoms with Gasteiger partial charge in [0.25, 0.3) is 0 Å². The summed E-state index contributed by atoms with van der Waals surface area (Å²) >= 11 is 6.11. The number of aromatic nitrogens is 2. The Kier molecular flexibility index (Phi) is 4.03. The summed E-state index contributed by atoms with van der Waals surface area (Å²) in [4.78, 5) is 7.83. The lowest BCUT2D eigenvalue weighted by molar-refractivity contribution is 0.0999. The fourth-order valence-corrected chi connectivity index (χ4v) is 4.00. The smallest absolute Gasteiger partial charge is 0.136 e. The molecule has 1 aromatic carbocycles. The number of nitrogens with zero attached hydrogens (tertiary/aromatic N) is 2. The van der Waals surface area contributed by atoms with Gasteiger partial charge >= 0.3 is 0 Å². The van der Waals surface area contributed by atoms with E-state index in [1.165, 1.54) is 0 Å². The Morgan fingerprint density at radius 2 is 2.24 bits per heavy atom. The zero-order chi connectivity index (χ0) is 17.6. The summed E-state index contributed by atoms with van der Waals surface area (Å²) in [6.07, 6.45) is 3.88. The fraction of sp³-hybridized carbons (Fsp3) is 0.368. The Morgan fingerprint density at radius 1 is 1.40 bits per heavy atom. The van der Waals surface area contributed by atoms with E-state index in [0.717, 1.165) is 46.9 Å². The fourth-order valence-electron chi connectivity index (χ4n) is 3.83. The number of benzene rings is 1. The number of aliphatic hydroxyl groups is 1. The van der Waals surface area contributed by atoms with Crippen molar-refractivity contribution in [2.45, 2.75) is 38.3 Å². The van der Waals surface area contributed by atoms with Gasteiger partial charge in [-0.3, -0.25) is 0 Å². The third-order valence-electron chi connectivity index (χ3n) is 5.17. The van der Waals surface area contributed by atoms with E-state index in [-0.39, 0.29) is 12.1 Å². The van der Waals surface area contributed by atoms with E-state index in [0.29, 0.717) is 16.5 Å². The minimum absolute atomic E-state index is 0.211. The highest BCUT2D eigenvalue weighted by atomic mass is 35.5. The van der Waals surface area contributed by atoms with Crippen LogP contribution in [0.5, 0.6) is 0 Å². The highest BCUT2D eigenvalue weighted by molar-refractivity contribution is 6.31. The van der Waals surface area contributed by atoms with E-state index in [1.54, 1.807) is 6.20 Å². The zero-order valence-corrected chi connectivity index (χ0v) is 14.6. The first-order valence-corrected chi connectivity index (χ1v) is 8.89. The van der Waals surface area contributed by atoms with Crippen LogP contribution >= 0.6 is 11.6 Å². The van der Waals surface area contributed by atoms with Gasteiger partial charge < -0.3 is 15.4 Å². The molecule has 2 heterocycles. The van der Waals surface area contributed by atoms with Crippen molar-refractivity contribution in [2.75, 3.05) is 5.32 Å². The molecule has 5 nitrogen and oxygen atoms in total. The molecule has 0 unspecified atom stereocenters. The molecule has 3 atom stereocenters. The number of pyridine rings is 1. The summed E-state index contributed by atoms with van der Waals surface area (Å²) in [5.74, 6) is 1.13. The molecule has 3 N–H and O–H groups in total. The van der Waals surface area contributed by atoms with Gasteiger partial charge in [-0.25, -0.2) is 4.98 Å². The number of fused-ring (bicyclic) bond motifs is 3. The van der Waals surface area contributed by atoms with Gasteiger partial charge in [0.05, 0.1) is 22.6 Å². The third kappa shape index (κ3) is 2.82. The van der Waals surface area contributed by atoms with E-state index < -0.39 is 0 Å². The van der Waals surface area contributed by atoms with Crippen LogP contribution in [-0.4, -0.2) is 27.2 Å². The summed E-state index contributed by atoms with van der Waals surface area (Å²) in [7, 11) is 0. The molecule has 1 saturated carbocycles. The van der Waals surface area contributed by atoms with Crippen LogP contribution in [0.1, 0.15) is 31.7 Å². The molecule has 0 spiro atoms. The molecule has 0 amide bonds. The Morgan fingerprint density at radius 3 is 3.00 bits per heavy atom. The van der Waals surface area contributed by atoms with Gasteiger partial charge in [0, 0.05) is 28.2 Å². The molecule has 1 aliphatic rings. The lowest BCUT2D eigenvalue weighted by atomic mass is 9.84. The summed E-state index contributed by atoms with van der Waals surface area (Å²) in [6, 6.07) is 8.12. The number of halogens is 1. The van der Waals surface area contributed by atoms with Crippen molar-refractivity contribution < 1.29 is 5.11 Å². The maximum atomic E-state index is 9.84. The first kappa shape index (κ1) is 16.2. The zero-order valence-electron chi connectivity index (χ0n) is 13.9. The number of aliphatic hydroxyl groups excluding tert-OH is 1. The number of H-pyrrole nitrogens is 1. The minimum Gasteiger partial charge on any atom is -0.393 e. The van der Waals surface area contributed by atoms with Crippen LogP contribution in [0.3, 0.4) is 0 Å². The van der Waals surface area contributed by atoms with Crippen LogP contribution in [0, 0.1) is 17.2 Å². The molecule has 4 rings (SSSR count). The Hall–Kier alpha value is -2.29. The van der Waals surface area contributed by atoms with Crippen molar-refractivity contribution in [3.8, 4) is 6.07 Å². The number of aromatic amines is 1. The summed E-state index contributed by atoms with van der Waals surface area (Å²) in [6.45, 7) is 2.15. The van der Waals surface area contributed by atoms with Gasteiger partial charge in [0.15, 0.2) is 0 Å². The molecule has 1 aliphatic carbocycles. The van der Waals surface area contributed by atoms with Gasteiger partial charge in [0.2, 0.25) is 0 Å². The molecule has 2 aromatic heterocycles. The second-order valence-electron chi connectivity index (χ2n) is 6.89. The van der Waals surface area contributed by atoms with Gasteiger partial charge in [0.1, 0.15) is 11.9 Å². The van der Waals surface area contributed by atoms with Crippen molar-refractivity contribution in [3.63, 3.8) is 0 Å². The van der Waals surface area contributed by atoms with Crippen molar-refractivity contribution >= 4 is 39.2 Å². The molecule has 6 heteroatoms. The molecular formula is C19H19ClN4O. The van der Waals surface area contributed by atoms with E-state index >= 15 is 0 Å². The van der Waals surface area contributed by atoms with Crippen LogP contribution in [0.25, 0.3) is 21.8 Å². The van der Waals surface area contributed by atoms with Crippen LogP contribution in [0.4, 0.5) is 5.82 Å². The maximum Gasteiger partial charge on any atom is 0.136 e. The van der Waals surface area contributed by atoms with E-state index in [1.807, 2.05) is 18.2 Å². The van der Waals surface area contributed by atoms with E-state index in [9.17, 15) is 10.4 Å². The van der Waals surface area contributed by atoms with Crippen molar-refractivity contribution in [3.05, 3.63) is 35.0 Å². The van der Waals surface area contributed by atoms with Crippen LogP contribution in [0.2, 0.25) is 5.02 Å². The number of nitrogens with one attached hydrogen (secondary N) is 2. The van der Waals surface area contributed by atoms with E-state index in [4.69, 9.17) is 11.6 Å². The standard InChI is InChI=1S/C19H19ClN4O/c1-10-6-13(25)3-5-15(10)24-19-17-14-4-2-12(20)7-16(14)23-18(17)11(8-21)9-22-19/h2,4,7,9-10,13,15,23,25H,3,5-6H2,1H3,(H,22,24)/t10-,13+,15+/m0/s1. The molecule has 3 aromatic rings. The topological polar surface area (TPSA) is 84.7 Å². The Balaban J connectivity index is 1.84. The lowest BCUT2D eigenvalue weighted by Gasteiger charge is -2.32. The van der Waals surface area contributed by atoms with Gasteiger partial charge in [-0.05, 0) is 37.3 Å². The Labute approximate surface area is 150 Å². The van der Waals surface area contributed by atoms with Gasteiger partial charge in [-0.15, -0.1) is 0 Å². The van der Waals surface area contributed by atoms with E-state index in [2.05, 4.69) is 28.3 Å². The van der Waals surface area contributed by atoms with Crippen molar-refractivity contribution in [2.24, 2.45) is 5.92 Å². The predicted octanol–water partition coefficient (Wildman–Crippen LogP) is 4.20. The van der Waals surface area contributed by atoms with Crippen LogP contribution in [0.15, 0.2) is 24.4 Å². The molecular weight excluding hydrogens is 336 g/mol. The average molecular weight is 355 g/mol. The quantitative estimate of drug-likeness (QED) is 0.643. The third-order valence-corrected chi connectivity index (χ3v) is 5.41. The highest BCUT2D eigenvalue weighted by Crippen LogP contribution is 2.35. The lowest BCUT2D eigenvalue weighted by Crippen LogP contribution is -2.35. The number of nitriles is 1. The largest absolute Gasteiger partial charge is 0.393 e. The molecule has 0 radical (unpaired) electrons. The van der Waals surface area contributed by atoms with Crippen LogP contribution < -0.4 is 5.32 Å². The molecule has 25 heavy (non-hydrogen) atoms. The number of hydrogen-bond donors (Lipinski definition) is 3. The number of anilines is 1. The van der Waals surface area contributed by atoms with Gasteiger partial charge in [-0.2, -0.15) is 5.26 Å². The molecule has 1 fully saturated rings. The molecule has 0 aliphatic heterocycles. The average Bonchev–Trinajstić information content (AvgIpc) is 2.96. The summed E-state index contributed by atoms with van der Waals surface area (Å²) < 4.78 is 0. The molecule has 0 saturated heterocycles. The minimum atomic E-state index is -0.211. The first-order chi connectivity index (χ1) is 12.1. The SMILES string of the molecule is C[C@H]1C[C@H](O)CC[C@H]1Nc1ncc(C#N)c2[nH]c3cc(Cl)ccc3c12. The normalized spacial score (nSPS) is 23.7. The predicted molar refractivity (Wildman–Crippen MR) is 99.8 cm³/mol. The molecule has 0 bridgehead atoms. The van der Waals surface area contributed by atoms with Crippen LogP contribution in [-0.2, 0) is 0 Å². The second kappa shape index (κ2) is 6.21. The summed E-state index contributed by atoms with van der Waals surface area (Å²) in [5, 5.41) is 25.4. The van der Waals surface area contributed by atoms with Crippen molar-refractivity contribution in [1.82, 2.24) is 9.97 Å². The Bertz CT molecular complexity index is 990. The summed E-state index contributed by atoms with van der Waals surface area (Å²) in [5.41, 5.74) is 2.18. The monoisotopic (exact) mass is 354 g/mol. The van der Waals surface area contributed by atoms with Gasteiger partial charge in [-0.1, -0.05) is 24.6 Å². The van der Waals surface area contributed by atoms with Crippen molar-refractivity contribution in [1.29, 1.82) is 5.26 Å². The molecule has 128 valence electrons. The number of hydrogen-bond acceptors (Lipinski definition) is 4. The maximum absolute atomic E-state index is 9.84. The number of rotatable bonds is 2. The highest BCUT2D eigenvalue weighted by Gasteiger charge is 2.27.